The lowest BCUT2D eigenvalue weighted by molar-refractivity contribution is -0.141. The second-order valence-electron chi connectivity index (χ2n) is 2.76. The van der Waals surface area contributed by atoms with Crippen LogP contribution in [-0.2, 0) is 4.74 Å². The van der Waals surface area contributed by atoms with E-state index in [9.17, 15) is 18.0 Å². The van der Waals surface area contributed by atoms with E-state index in [4.69, 9.17) is 0 Å². The molecule has 1 aliphatic rings. The Morgan fingerprint density at radius 3 is 2.69 bits per heavy atom. The standard InChI is InChI=1S/C8H9F3N2O2.ClH/c9-8(10,11)2-5-15-7(14)13-4-1-3-12-6-13;/h1,3-4H,2,5-6H2;1H. The molecule has 0 radical (unpaired) electrons. The van der Waals surface area contributed by atoms with Crippen LogP contribution in [0.3, 0.4) is 0 Å². The van der Waals surface area contributed by atoms with Crippen molar-refractivity contribution >= 4 is 24.7 Å². The summed E-state index contributed by atoms with van der Waals surface area (Å²) in [7, 11) is 0. The van der Waals surface area contributed by atoms with Gasteiger partial charge >= 0.3 is 12.3 Å². The molecule has 1 rings (SSSR count). The molecule has 0 spiro atoms. The number of carbonyl (C=O) groups excluding carboxylic acids is 1. The molecule has 0 atom stereocenters. The average Bonchev–Trinajstić information content (AvgIpc) is 2.17. The lowest BCUT2D eigenvalue weighted by atomic mass is 10.4. The summed E-state index contributed by atoms with van der Waals surface area (Å²) in [5.41, 5.74) is 0. The van der Waals surface area contributed by atoms with E-state index in [1.54, 1.807) is 0 Å². The Hall–Kier alpha value is -1.24. The van der Waals surface area contributed by atoms with Crippen molar-refractivity contribution in [2.45, 2.75) is 12.6 Å². The highest BCUT2D eigenvalue weighted by molar-refractivity contribution is 5.85. The number of aliphatic imine (C=N–C) groups is 1. The van der Waals surface area contributed by atoms with Gasteiger partial charge in [-0.05, 0) is 6.08 Å². The van der Waals surface area contributed by atoms with Crippen molar-refractivity contribution in [3.05, 3.63) is 12.3 Å². The molecule has 0 bridgehead atoms. The van der Waals surface area contributed by atoms with E-state index in [0.717, 1.165) is 4.90 Å². The second kappa shape index (κ2) is 6.37. The number of rotatable bonds is 2. The van der Waals surface area contributed by atoms with Gasteiger partial charge in [-0.1, -0.05) is 0 Å². The molecule has 4 nitrogen and oxygen atoms in total. The Balaban J connectivity index is 0.00000225. The van der Waals surface area contributed by atoms with E-state index >= 15 is 0 Å². The Morgan fingerprint density at radius 2 is 2.19 bits per heavy atom. The molecule has 16 heavy (non-hydrogen) atoms. The molecule has 0 fully saturated rings. The van der Waals surface area contributed by atoms with Gasteiger partial charge in [0.15, 0.2) is 0 Å². The molecule has 0 aliphatic carbocycles. The van der Waals surface area contributed by atoms with Gasteiger partial charge in [0.25, 0.3) is 0 Å². The number of hydrogen-bond acceptors (Lipinski definition) is 3. The normalized spacial score (nSPS) is 14.6. The smallest absolute Gasteiger partial charge is 0.415 e. The van der Waals surface area contributed by atoms with Crippen LogP contribution in [0.25, 0.3) is 0 Å². The van der Waals surface area contributed by atoms with E-state index in [-0.39, 0.29) is 19.1 Å². The van der Waals surface area contributed by atoms with Crippen molar-refractivity contribution in [3.8, 4) is 0 Å². The largest absolute Gasteiger partial charge is 0.449 e. The Labute approximate surface area is 96.2 Å². The van der Waals surface area contributed by atoms with E-state index in [1.807, 2.05) is 0 Å². The predicted octanol–water partition coefficient (Wildman–Crippen LogP) is 2.35. The Kier molecular flexibility index (Phi) is 5.87. The molecular formula is C8H10ClF3N2O2. The van der Waals surface area contributed by atoms with Crippen molar-refractivity contribution < 1.29 is 22.7 Å². The second-order valence-corrected chi connectivity index (χ2v) is 2.76. The van der Waals surface area contributed by atoms with Gasteiger partial charge < -0.3 is 4.74 Å². The van der Waals surface area contributed by atoms with Crippen molar-refractivity contribution in [2.75, 3.05) is 13.3 Å². The molecule has 0 aromatic rings. The zero-order chi connectivity index (χ0) is 11.3. The maximum Gasteiger partial charge on any atom is 0.415 e. The number of amides is 1. The number of nitrogens with zero attached hydrogens (tertiary/aromatic N) is 2. The molecule has 0 aromatic carbocycles. The van der Waals surface area contributed by atoms with Crippen LogP contribution in [-0.4, -0.2) is 36.7 Å². The highest BCUT2D eigenvalue weighted by Crippen LogP contribution is 2.19. The van der Waals surface area contributed by atoms with Gasteiger partial charge in [-0.15, -0.1) is 12.4 Å². The highest BCUT2D eigenvalue weighted by atomic mass is 35.5. The van der Waals surface area contributed by atoms with Gasteiger partial charge in [0.05, 0.1) is 6.42 Å². The van der Waals surface area contributed by atoms with Crippen molar-refractivity contribution in [2.24, 2.45) is 4.99 Å². The summed E-state index contributed by atoms with van der Waals surface area (Å²) >= 11 is 0. The third kappa shape index (κ3) is 5.59. The van der Waals surface area contributed by atoms with Crippen LogP contribution < -0.4 is 0 Å². The Bertz CT molecular complexity index is 291. The monoisotopic (exact) mass is 258 g/mol. The maximum absolute atomic E-state index is 11.7. The molecule has 0 saturated heterocycles. The summed E-state index contributed by atoms with van der Waals surface area (Å²) in [6.07, 6.45) is -1.90. The first kappa shape index (κ1) is 14.8. The average molecular weight is 259 g/mol. The van der Waals surface area contributed by atoms with Crippen LogP contribution >= 0.6 is 12.4 Å². The van der Waals surface area contributed by atoms with Gasteiger partial charge in [0, 0.05) is 12.4 Å². The van der Waals surface area contributed by atoms with Gasteiger partial charge in [-0.25, -0.2) is 4.79 Å². The zero-order valence-electron chi connectivity index (χ0n) is 8.11. The molecular weight excluding hydrogens is 249 g/mol. The Morgan fingerprint density at radius 1 is 1.50 bits per heavy atom. The zero-order valence-corrected chi connectivity index (χ0v) is 8.92. The number of allylic oxidation sites excluding steroid dienone is 1. The predicted molar refractivity (Wildman–Crippen MR) is 53.6 cm³/mol. The molecule has 0 saturated carbocycles. The number of alkyl halides is 3. The molecule has 1 heterocycles. The van der Waals surface area contributed by atoms with E-state index < -0.39 is 25.3 Å². The van der Waals surface area contributed by atoms with Crippen LogP contribution in [0.15, 0.2) is 17.3 Å². The summed E-state index contributed by atoms with van der Waals surface area (Å²) in [4.78, 5) is 15.9. The van der Waals surface area contributed by atoms with Crippen molar-refractivity contribution in [1.29, 1.82) is 0 Å². The van der Waals surface area contributed by atoms with E-state index in [2.05, 4.69) is 9.73 Å². The van der Waals surface area contributed by atoms with Gasteiger partial charge in [0.1, 0.15) is 13.3 Å². The SMILES string of the molecule is Cl.O=C(OCCC(F)(F)F)N1C=CC=NC1. The summed E-state index contributed by atoms with van der Waals surface area (Å²) < 4.78 is 39.5. The van der Waals surface area contributed by atoms with Crippen LogP contribution in [0, 0.1) is 0 Å². The maximum atomic E-state index is 11.7. The number of ether oxygens (including phenoxy) is 1. The molecule has 1 amide bonds. The summed E-state index contributed by atoms with van der Waals surface area (Å²) in [6.45, 7) is -0.599. The van der Waals surface area contributed by atoms with Crippen LogP contribution in [0.4, 0.5) is 18.0 Å². The van der Waals surface area contributed by atoms with Crippen LogP contribution in [0.5, 0.6) is 0 Å². The van der Waals surface area contributed by atoms with Gasteiger partial charge in [-0.3, -0.25) is 9.89 Å². The number of carbonyl (C=O) groups is 1. The van der Waals surface area contributed by atoms with Crippen LogP contribution in [0.1, 0.15) is 6.42 Å². The first-order valence-corrected chi connectivity index (χ1v) is 4.16. The van der Waals surface area contributed by atoms with Gasteiger partial charge in [-0.2, -0.15) is 13.2 Å². The minimum Gasteiger partial charge on any atom is -0.449 e. The fourth-order valence-corrected chi connectivity index (χ4v) is 0.841. The molecule has 0 unspecified atom stereocenters. The minimum absolute atomic E-state index is 0. The van der Waals surface area contributed by atoms with Crippen LogP contribution in [0.2, 0.25) is 0 Å². The van der Waals surface area contributed by atoms with Crippen molar-refractivity contribution in [1.82, 2.24) is 4.90 Å². The molecule has 92 valence electrons. The molecule has 8 heteroatoms. The number of hydrogen-bond donors (Lipinski definition) is 0. The van der Waals surface area contributed by atoms with E-state index in [1.165, 1.54) is 18.5 Å². The topological polar surface area (TPSA) is 41.9 Å². The fraction of sp³-hybridized carbons (Fsp3) is 0.500. The molecule has 0 aromatic heterocycles. The fourth-order valence-electron chi connectivity index (χ4n) is 0.841. The van der Waals surface area contributed by atoms with Gasteiger partial charge in [0.2, 0.25) is 0 Å². The van der Waals surface area contributed by atoms with Crippen molar-refractivity contribution in [3.63, 3.8) is 0 Å². The first-order valence-electron chi connectivity index (χ1n) is 4.16. The number of halogens is 4. The highest BCUT2D eigenvalue weighted by Gasteiger charge is 2.27. The first-order chi connectivity index (χ1) is 6.99. The van der Waals surface area contributed by atoms with E-state index in [0.29, 0.717) is 0 Å². The summed E-state index contributed by atoms with van der Waals surface area (Å²) in [6, 6.07) is 0. The lowest BCUT2D eigenvalue weighted by Gasteiger charge is -2.17. The molecule has 0 N–H and O–H groups in total. The molecule has 1 aliphatic heterocycles. The summed E-state index contributed by atoms with van der Waals surface area (Å²) in [5, 5.41) is 0. The third-order valence-corrected chi connectivity index (χ3v) is 1.54. The minimum atomic E-state index is -4.31. The lowest BCUT2D eigenvalue weighted by Crippen LogP contribution is -2.29. The third-order valence-electron chi connectivity index (χ3n) is 1.54. The summed E-state index contributed by atoms with van der Waals surface area (Å²) in [5.74, 6) is 0. The quantitative estimate of drug-likeness (QED) is 0.763.